The van der Waals surface area contributed by atoms with Crippen molar-refractivity contribution < 1.29 is 9.18 Å². The van der Waals surface area contributed by atoms with Gasteiger partial charge < -0.3 is 10.2 Å². The average Bonchev–Trinajstić information content (AvgIpc) is 3.33. The SMILES string of the molecule is CN(CCCCCc1cc(-c2ccc(F)cc2)n[nH]1)C(=O)C1CCCN1. The van der Waals surface area contributed by atoms with Gasteiger partial charge in [0, 0.05) is 24.8 Å². The van der Waals surface area contributed by atoms with Gasteiger partial charge in [0.05, 0.1) is 11.7 Å². The molecule has 2 heterocycles. The Hall–Kier alpha value is -2.21. The molecule has 1 atom stereocenters. The second-order valence-electron chi connectivity index (χ2n) is 7.00. The predicted molar refractivity (Wildman–Crippen MR) is 100 cm³/mol. The van der Waals surface area contributed by atoms with E-state index < -0.39 is 0 Å². The van der Waals surface area contributed by atoms with Crippen molar-refractivity contribution >= 4 is 5.91 Å². The second kappa shape index (κ2) is 8.94. The normalized spacial score (nSPS) is 16.8. The first kappa shape index (κ1) is 18.6. The van der Waals surface area contributed by atoms with Crippen molar-refractivity contribution in [2.75, 3.05) is 20.1 Å². The smallest absolute Gasteiger partial charge is 0.239 e. The maximum Gasteiger partial charge on any atom is 0.239 e. The summed E-state index contributed by atoms with van der Waals surface area (Å²) >= 11 is 0. The summed E-state index contributed by atoms with van der Waals surface area (Å²) in [5, 5.41) is 10.6. The summed E-state index contributed by atoms with van der Waals surface area (Å²) < 4.78 is 13.0. The summed E-state index contributed by atoms with van der Waals surface area (Å²) in [6.07, 6.45) is 6.10. The van der Waals surface area contributed by atoms with Crippen molar-refractivity contribution in [1.82, 2.24) is 20.4 Å². The molecule has 1 aliphatic rings. The van der Waals surface area contributed by atoms with Crippen LogP contribution in [0.15, 0.2) is 30.3 Å². The molecule has 1 aliphatic heterocycles. The Labute approximate surface area is 154 Å². The molecule has 1 fully saturated rings. The van der Waals surface area contributed by atoms with Gasteiger partial charge in [-0.15, -0.1) is 0 Å². The third kappa shape index (κ3) is 4.91. The second-order valence-corrected chi connectivity index (χ2v) is 7.00. The minimum atomic E-state index is -0.239. The molecule has 1 saturated heterocycles. The number of carbonyl (C=O) groups is 1. The Kier molecular flexibility index (Phi) is 6.39. The maximum absolute atomic E-state index is 13.0. The van der Waals surface area contributed by atoms with Gasteiger partial charge in [-0.25, -0.2) is 4.39 Å². The van der Waals surface area contributed by atoms with Gasteiger partial charge in [-0.3, -0.25) is 9.89 Å². The zero-order valence-electron chi connectivity index (χ0n) is 15.3. The molecule has 0 saturated carbocycles. The summed E-state index contributed by atoms with van der Waals surface area (Å²) in [4.78, 5) is 14.1. The minimum Gasteiger partial charge on any atom is -0.344 e. The Balaban J connectivity index is 1.36. The van der Waals surface area contributed by atoms with E-state index >= 15 is 0 Å². The highest BCUT2D eigenvalue weighted by atomic mass is 19.1. The molecule has 0 aliphatic carbocycles. The average molecular weight is 358 g/mol. The van der Waals surface area contributed by atoms with Crippen LogP contribution in [0.25, 0.3) is 11.3 Å². The molecule has 1 aromatic heterocycles. The fourth-order valence-electron chi connectivity index (χ4n) is 3.37. The number of amides is 1. The molecule has 1 aromatic carbocycles. The lowest BCUT2D eigenvalue weighted by Crippen LogP contribution is -2.41. The van der Waals surface area contributed by atoms with Gasteiger partial charge in [0.15, 0.2) is 0 Å². The highest BCUT2D eigenvalue weighted by Gasteiger charge is 2.24. The summed E-state index contributed by atoms with van der Waals surface area (Å²) in [6, 6.07) is 8.41. The fourth-order valence-corrected chi connectivity index (χ4v) is 3.37. The lowest BCUT2D eigenvalue weighted by molar-refractivity contribution is -0.131. The standard InChI is InChI=1S/C20H27FN4O/c1-25(20(26)18-7-5-12-22-18)13-4-2-3-6-17-14-19(24-23-17)15-8-10-16(21)11-9-15/h8-11,14,18,22H,2-7,12-13H2,1H3,(H,23,24). The Morgan fingerprint density at radius 1 is 1.27 bits per heavy atom. The molecular weight excluding hydrogens is 331 g/mol. The van der Waals surface area contributed by atoms with Crippen molar-refractivity contribution in [3.8, 4) is 11.3 Å². The number of aryl methyl sites for hydroxylation is 1. The molecule has 3 rings (SSSR count). The zero-order valence-corrected chi connectivity index (χ0v) is 15.3. The number of aromatic amines is 1. The van der Waals surface area contributed by atoms with E-state index in [1.165, 1.54) is 12.1 Å². The van der Waals surface area contributed by atoms with Crippen LogP contribution in [0.1, 0.15) is 37.8 Å². The lowest BCUT2D eigenvalue weighted by Gasteiger charge is -2.21. The van der Waals surface area contributed by atoms with E-state index in [-0.39, 0.29) is 17.8 Å². The van der Waals surface area contributed by atoms with Crippen molar-refractivity contribution in [3.63, 3.8) is 0 Å². The molecule has 0 radical (unpaired) electrons. The van der Waals surface area contributed by atoms with Crippen LogP contribution in [0, 0.1) is 5.82 Å². The number of hydrogen-bond donors (Lipinski definition) is 2. The third-order valence-electron chi connectivity index (χ3n) is 4.95. The van der Waals surface area contributed by atoms with Gasteiger partial charge in [-0.05, 0) is 69.0 Å². The summed E-state index contributed by atoms with van der Waals surface area (Å²) in [5.41, 5.74) is 2.84. The van der Waals surface area contributed by atoms with Gasteiger partial charge in [0.25, 0.3) is 0 Å². The van der Waals surface area contributed by atoms with Gasteiger partial charge in [0.2, 0.25) is 5.91 Å². The zero-order chi connectivity index (χ0) is 18.4. The molecule has 140 valence electrons. The highest BCUT2D eigenvalue weighted by molar-refractivity contribution is 5.81. The number of benzene rings is 1. The molecule has 0 bridgehead atoms. The number of unbranched alkanes of at least 4 members (excludes halogenated alkanes) is 2. The van der Waals surface area contributed by atoms with E-state index in [4.69, 9.17) is 0 Å². The van der Waals surface area contributed by atoms with Gasteiger partial charge >= 0.3 is 0 Å². The number of aromatic nitrogens is 2. The molecule has 1 amide bonds. The first-order chi connectivity index (χ1) is 12.6. The van der Waals surface area contributed by atoms with Crippen LogP contribution in [0.4, 0.5) is 4.39 Å². The lowest BCUT2D eigenvalue weighted by atomic mass is 10.1. The number of halogens is 1. The van der Waals surface area contributed by atoms with Gasteiger partial charge in [-0.1, -0.05) is 6.42 Å². The van der Waals surface area contributed by atoms with Crippen LogP contribution >= 0.6 is 0 Å². The molecule has 5 nitrogen and oxygen atoms in total. The molecule has 2 aromatic rings. The molecule has 1 unspecified atom stereocenters. The van der Waals surface area contributed by atoms with E-state index in [0.717, 1.165) is 68.6 Å². The quantitative estimate of drug-likeness (QED) is 0.713. The molecule has 0 spiro atoms. The highest BCUT2D eigenvalue weighted by Crippen LogP contribution is 2.19. The topological polar surface area (TPSA) is 61.0 Å². The van der Waals surface area contributed by atoms with E-state index in [0.29, 0.717) is 0 Å². The monoisotopic (exact) mass is 358 g/mol. The van der Waals surface area contributed by atoms with Crippen LogP contribution in [-0.2, 0) is 11.2 Å². The molecule has 6 heteroatoms. The summed E-state index contributed by atoms with van der Waals surface area (Å²) in [7, 11) is 1.90. The fraction of sp³-hybridized carbons (Fsp3) is 0.500. The van der Waals surface area contributed by atoms with Crippen LogP contribution in [0.3, 0.4) is 0 Å². The van der Waals surface area contributed by atoms with Gasteiger partial charge in [0.1, 0.15) is 5.82 Å². The van der Waals surface area contributed by atoms with Gasteiger partial charge in [-0.2, -0.15) is 5.10 Å². The van der Waals surface area contributed by atoms with E-state index in [1.54, 1.807) is 12.1 Å². The van der Waals surface area contributed by atoms with Crippen LogP contribution in [0.2, 0.25) is 0 Å². The number of nitrogens with zero attached hydrogens (tertiary/aromatic N) is 2. The third-order valence-corrected chi connectivity index (χ3v) is 4.95. The number of carbonyl (C=O) groups excluding carboxylic acids is 1. The first-order valence-electron chi connectivity index (χ1n) is 9.42. The van der Waals surface area contributed by atoms with E-state index in [2.05, 4.69) is 15.5 Å². The number of H-pyrrole nitrogens is 1. The predicted octanol–water partition coefficient (Wildman–Crippen LogP) is 3.14. The van der Waals surface area contributed by atoms with Crippen molar-refractivity contribution in [2.45, 2.75) is 44.6 Å². The van der Waals surface area contributed by atoms with Crippen molar-refractivity contribution in [3.05, 3.63) is 41.8 Å². The Bertz CT molecular complexity index is 707. The Morgan fingerprint density at radius 2 is 2.08 bits per heavy atom. The van der Waals surface area contributed by atoms with Crippen LogP contribution < -0.4 is 5.32 Å². The van der Waals surface area contributed by atoms with E-state index in [9.17, 15) is 9.18 Å². The molecule has 26 heavy (non-hydrogen) atoms. The van der Waals surface area contributed by atoms with Crippen LogP contribution in [0.5, 0.6) is 0 Å². The van der Waals surface area contributed by atoms with Crippen LogP contribution in [-0.4, -0.2) is 47.2 Å². The minimum absolute atomic E-state index is 0.0230. The maximum atomic E-state index is 13.0. The first-order valence-corrected chi connectivity index (χ1v) is 9.42. The number of hydrogen-bond acceptors (Lipinski definition) is 3. The van der Waals surface area contributed by atoms with Crippen molar-refractivity contribution in [2.24, 2.45) is 0 Å². The summed E-state index contributed by atoms with van der Waals surface area (Å²) in [6.45, 7) is 1.76. The largest absolute Gasteiger partial charge is 0.344 e. The molecular formula is C20H27FN4O. The molecule has 2 N–H and O–H groups in total. The summed E-state index contributed by atoms with van der Waals surface area (Å²) in [5.74, 6) is -0.0170. The number of likely N-dealkylation sites (N-methyl/N-ethyl adjacent to an activating group) is 1. The number of rotatable bonds is 8. The number of nitrogens with one attached hydrogen (secondary N) is 2. The van der Waals surface area contributed by atoms with Crippen molar-refractivity contribution in [1.29, 1.82) is 0 Å². The Morgan fingerprint density at radius 3 is 2.81 bits per heavy atom. The van der Waals surface area contributed by atoms with E-state index in [1.807, 2.05) is 18.0 Å².